The number of aryl methyl sites for hydroxylation is 2. The highest BCUT2D eigenvalue weighted by Crippen LogP contribution is 2.35. The predicted octanol–water partition coefficient (Wildman–Crippen LogP) is 3.62. The molecule has 0 unspecified atom stereocenters. The molecular formula is C16H21N3. The van der Waals surface area contributed by atoms with Crippen LogP contribution in [0, 0.1) is 19.8 Å². The van der Waals surface area contributed by atoms with Crippen LogP contribution in [0.1, 0.15) is 36.1 Å². The zero-order valence-electron chi connectivity index (χ0n) is 11.7. The van der Waals surface area contributed by atoms with Crippen molar-refractivity contribution in [3.8, 4) is 11.1 Å². The second-order valence-corrected chi connectivity index (χ2v) is 5.76. The largest absolute Gasteiger partial charge is 0.382 e. The maximum absolute atomic E-state index is 6.05. The Hall–Kier alpha value is -1.77. The zero-order chi connectivity index (χ0) is 13.4. The third kappa shape index (κ3) is 2.25. The molecule has 3 rings (SSSR count). The summed E-state index contributed by atoms with van der Waals surface area (Å²) in [6.45, 7) is 4.27. The summed E-state index contributed by atoms with van der Waals surface area (Å²) in [5, 5.41) is 7.34. The van der Waals surface area contributed by atoms with E-state index in [0.717, 1.165) is 17.9 Å². The Labute approximate surface area is 114 Å². The molecule has 2 aromatic rings. The number of nitrogens with one attached hydrogen (secondary N) is 1. The summed E-state index contributed by atoms with van der Waals surface area (Å²) in [4.78, 5) is 0. The van der Waals surface area contributed by atoms with Gasteiger partial charge in [0.05, 0.1) is 0 Å². The summed E-state index contributed by atoms with van der Waals surface area (Å²) in [6, 6.07) is 6.51. The van der Waals surface area contributed by atoms with E-state index in [2.05, 4.69) is 42.2 Å². The lowest BCUT2D eigenvalue weighted by Gasteiger charge is -2.25. The van der Waals surface area contributed by atoms with Crippen molar-refractivity contribution < 1.29 is 0 Å². The van der Waals surface area contributed by atoms with Crippen LogP contribution < -0.4 is 5.73 Å². The van der Waals surface area contributed by atoms with Gasteiger partial charge in [0.1, 0.15) is 0 Å². The molecule has 0 atom stereocenters. The van der Waals surface area contributed by atoms with Crippen molar-refractivity contribution in [2.24, 2.45) is 5.92 Å². The average molecular weight is 255 g/mol. The SMILES string of the molecule is Cc1ccc(-c2c(N)n[nH]c2CC2CCC2)cc1C. The monoisotopic (exact) mass is 255 g/mol. The Morgan fingerprint density at radius 2 is 2.05 bits per heavy atom. The van der Waals surface area contributed by atoms with Gasteiger partial charge in [-0.3, -0.25) is 5.10 Å². The van der Waals surface area contributed by atoms with Crippen LogP contribution >= 0.6 is 0 Å². The number of nitrogen functional groups attached to an aromatic ring is 1. The minimum Gasteiger partial charge on any atom is -0.382 e. The van der Waals surface area contributed by atoms with Gasteiger partial charge in [-0.25, -0.2) is 0 Å². The number of anilines is 1. The first-order valence-electron chi connectivity index (χ1n) is 7.05. The van der Waals surface area contributed by atoms with E-state index in [9.17, 15) is 0 Å². The van der Waals surface area contributed by atoms with Crippen molar-refractivity contribution in [1.29, 1.82) is 0 Å². The van der Waals surface area contributed by atoms with Gasteiger partial charge in [0.15, 0.2) is 5.82 Å². The third-order valence-electron chi connectivity index (χ3n) is 4.38. The highest BCUT2D eigenvalue weighted by molar-refractivity contribution is 5.76. The number of hydrogen-bond donors (Lipinski definition) is 2. The van der Waals surface area contributed by atoms with Gasteiger partial charge in [-0.05, 0) is 42.9 Å². The van der Waals surface area contributed by atoms with E-state index in [1.54, 1.807) is 0 Å². The van der Waals surface area contributed by atoms with Crippen molar-refractivity contribution in [1.82, 2.24) is 10.2 Å². The summed E-state index contributed by atoms with van der Waals surface area (Å²) in [5.41, 5.74) is 12.2. The first-order chi connectivity index (χ1) is 9.15. The van der Waals surface area contributed by atoms with Crippen LogP contribution in [0.2, 0.25) is 0 Å². The predicted molar refractivity (Wildman–Crippen MR) is 79.0 cm³/mol. The number of nitrogens with two attached hydrogens (primary N) is 1. The van der Waals surface area contributed by atoms with Crippen molar-refractivity contribution in [3.63, 3.8) is 0 Å². The molecular weight excluding hydrogens is 234 g/mol. The highest BCUT2D eigenvalue weighted by Gasteiger charge is 2.22. The van der Waals surface area contributed by atoms with Crippen LogP contribution in [0.15, 0.2) is 18.2 Å². The first-order valence-corrected chi connectivity index (χ1v) is 7.05. The number of benzene rings is 1. The fourth-order valence-electron chi connectivity index (χ4n) is 2.75. The van der Waals surface area contributed by atoms with E-state index in [1.807, 2.05) is 0 Å². The Morgan fingerprint density at radius 1 is 1.26 bits per heavy atom. The van der Waals surface area contributed by atoms with E-state index in [1.165, 1.54) is 41.6 Å². The molecule has 3 nitrogen and oxygen atoms in total. The van der Waals surface area contributed by atoms with Crippen LogP contribution in [0.4, 0.5) is 5.82 Å². The summed E-state index contributed by atoms with van der Waals surface area (Å²) in [5.74, 6) is 1.43. The summed E-state index contributed by atoms with van der Waals surface area (Å²) < 4.78 is 0. The van der Waals surface area contributed by atoms with Crippen LogP contribution in [-0.4, -0.2) is 10.2 Å². The topological polar surface area (TPSA) is 54.7 Å². The molecule has 0 aliphatic heterocycles. The lowest BCUT2D eigenvalue weighted by molar-refractivity contribution is 0.312. The minimum atomic E-state index is 0.623. The lowest BCUT2D eigenvalue weighted by atomic mass is 9.81. The molecule has 1 saturated carbocycles. The van der Waals surface area contributed by atoms with Gasteiger partial charge < -0.3 is 5.73 Å². The van der Waals surface area contributed by atoms with Crippen LogP contribution in [0.25, 0.3) is 11.1 Å². The molecule has 0 spiro atoms. The molecule has 0 amide bonds. The molecule has 1 aliphatic carbocycles. The molecule has 0 radical (unpaired) electrons. The summed E-state index contributed by atoms with van der Waals surface area (Å²) in [7, 11) is 0. The lowest BCUT2D eigenvalue weighted by Crippen LogP contribution is -2.14. The molecule has 1 aromatic carbocycles. The normalized spacial score (nSPS) is 15.5. The smallest absolute Gasteiger partial charge is 0.153 e. The maximum Gasteiger partial charge on any atom is 0.153 e. The van der Waals surface area contributed by atoms with E-state index in [0.29, 0.717) is 5.82 Å². The second kappa shape index (κ2) is 4.72. The quantitative estimate of drug-likeness (QED) is 0.880. The first kappa shape index (κ1) is 12.3. The standard InChI is InChI=1S/C16H21N3/c1-10-6-7-13(8-11(10)2)15-14(18-19-16(15)17)9-12-4-3-5-12/h6-8,12H,3-5,9H2,1-2H3,(H3,17,18,19). The van der Waals surface area contributed by atoms with Gasteiger partial charge in [0, 0.05) is 11.3 Å². The van der Waals surface area contributed by atoms with E-state index in [-0.39, 0.29) is 0 Å². The zero-order valence-corrected chi connectivity index (χ0v) is 11.7. The Bertz CT molecular complexity index is 594. The Morgan fingerprint density at radius 3 is 2.68 bits per heavy atom. The molecule has 1 fully saturated rings. The Balaban J connectivity index is 1.97. The minimum absolute atomic E-state index is 0.623. The van der Waals surface area contributed by atoms with E-state index < -0.39 is 0 Å². The number of rotatable bonds is 3. The van der Waals surface area contributed by atoms with Crippen molar-refractivity contribution >= 4 is 5.82 Å². The van der Waals surface area contributed by atoms with Crippen molar-refractivity contribution in [3.05, 3.63) is 35.0 Å². The number of H-pyrrole nitrogens is 1. The van der Waals surface area contributed by atoms with Crippen LogP contribution in [0.3, 0.4) is 0 Å². The fraction of sp³-hybridized carbons (Fsp3) is 0.438. The number of hydrogen-bond acceptors (Lipinski definition) is 2. The number of aromatic amines is 1. The fourth-order valence-corrected chi connectivity index (χ4v) is 2.75. The summed E-state index contributed by atoms with van der Waals surface area (Å²) >= 11 is 0. The average Bonchev–Trinajstić information content (AvgIpc) is 2.69. The number of nitrogens with zero attached hydrogens (tertiary/aromatic N) is 1. The van der Waals surface area contributed by atoms with E-state index in [4.69, 9.17) is 5.73 Å². The molecule has 19 heavy (non-hydrogen) atoms. The molecule has 1 aliphatic rings. The third-order valence-corrected chi connectivity index (χ3v) is 4.38. The molecule has 3 N–H and O–H groups in total. The second-order valence-electron chi connectivity index (χ2n) is 5.76. The molecule has 0 saturated heterocycles. The van der Waals surface area contributed by atoms with Crippen molar-refractivity contribution in [2.45, 2.75) is 39.5 Å². The molecule has 1 heterocycles. The maximum atomic E-state index is 6.05. The van der Waals surface area contributed by atoms with Gasteiger partial charge in [0.25, 0.3) is 0 Å². The van der Waals surface area contributed by atoms with Gasteiger partial charge in [-0.2, -0.15) is 5.10 Å². The summed E-state index contributed by atoms with van der Waals surface area (Å²) in [6.07, 6.45) is 5.12. The highest BCUT2D eigenvalue weighted by atomic mass is 15.2. The van der Waals surface area contributed by atoms with Crippen LogP contribution in [-0.2, 0) is 6.42 Å². The molecule has 0 bridgehead atoms. The van der Waals surface area contributed by atoms with Crippen molar-refractivity contribution in [2.75, 3.05) is 5.73 Å². The van der Waals surface area contributed by atoms with Gasteiger partial charge >= 0.3 is 0 Å². The van der Waals surface area contributed by atoms with Gasteiger partial charge in [-0.15, -0.1) is 0 Å². The molecule has 3 heteroatoms. The van der Waals surface area contributed by atoms with Gasteiger partial charge in [-0.1, -0.05) is 37.5 Å². The Kier molecular flexibility index (Phi) is 3.05. The number of aromatic nitrogens is 2. The molecule has 1 aromatic heterocycles. The van der Waals surface area contributed by atoms with E-state index >= 15 is 0 Å². The molecule has 100 valence electrons. The van der Waals surface area contributed by atoms with Crippen LogP contribution in [0.5, 0.6) is 0 Å². The van der Waals surface area contributed by atoms with Gasteiger partial charge in [0.2, 0.25) is 0 Å².